The van der Waals surface area contributed by atoms with Crippen LogP contribution in [0.2, 0.25) is 0 Å². The molecule has 184 valence electrons. The van der Waals surface area contributed by atoms with Crippen molar-refractivity contribution in [3.8, 4) is 0 Å². The van der Waals surface area contributed by atoms with E-state index in [0.29, 0.717) is 19.6 Å². The van der Waals surface area contributed by atoms with Crippen LogP contribution >= 0.6 is 0 Å². The number of nitrogens with one attached hydrogen (secondary N) is 1. The van der Waals surface area contributed by atoms with Crippen molar-refractivity contribution in [3.63, 3.8) is 0 Å². The minimum Gasteiger partial charge on any atom is -0.356 e. The molecule has 1 fully saturated rings. The summed E-state index contributed by atoms with van der Waals surface area (Å²) in [5, 5.41) is 2.96. The van der Waals surface area contributed by atoms with Gasteiger partial charge in [0.15, 0.2) is 0 Å². The number of rotatable bonds is 12. The van der Waals surface area contributed by atoms with Crippen molar-refractivity contribution in [1.29, 1.82) is 0 Å². The molecule has 6 heteroatoms. The van der Waals surface area contributed by atoms with Crippen molar-refractivity contribution >= 4 is 11.8 Å². The second-order valence-corrected chi connectivity index (χ2v) is 8.87. The van der Waals surface area contributed by atoms with Gasteiger partial charge in [-0.1, -0.05) is 74.5 Å². The molecule has 34 heavy (non-hydrogen) atoms. The maximum atomic E-state index is 12.7. The van der Waals surface area contributed by atoms with E-state index in [4.69, 9.17) is 0 Å². The number of hydrogen-bond donors (Lipinski definition) is 1. The van der Waals surface area contributed by atoms with E-state index >= 15 is 0 Å². The lowest BCUT2D eigenvalue weighted by Gasteiger charge is -2.39. The Morgan fingerprint density at radius 1 is 0.853 bits per heavy atom. The first kappa shape index (κ1) is 25.9. The number of benzene rings is 2. The number of carbonyl (C=O) groups is 2. The Labute approximate surface area is 204 Å². The summed E-state index contributed by atoms with van der Waals surface area (Å²) < 4.78 is 0. The number of hydrogen-bond acceptors (Lipinski definition) is 4. The predicted molar refractivity (Wildman–Crippen MR) is 138 cm³/mol. The number of piperazine rings is 1. The van der Waals surface area contributed by atoms with Gasteiger partial charge in [-0.25, -0.2) is 0 Å². The Bertz CT molecular complexity index is 823. The number of amides is 2. The molecule has 0 spiro atoms. The SMILES string of the molecule is CCN(CC)CCCNC(=O)CCC(=O)N1CCN(C(c2ccccc2)c2ccccc2)CC1. The Hall–Kier alpha value is -2.70. The fourth-order valence-electron chi connectivity index (χ4n) is 4.65. The molecule has 1 heterocycles. The molecule has 0 unspecified atom stereocenters. The lowest BCUT2D eigenvalue weighted by atomic mass is 9.96. The molecule has 1 aliphatic heterocycles. The van der Waals surface area contributed by atoms with Gasteiger partial charge in [-0.15, -0.1) is 0 Å². The van der Waals surface area contributed by atoms with Gasteiger partial charge in [0.05, 0.1) is 6.04 Å². The quantitative estimate of drug-likeness (QED) is 0.488. The highest BCUT2D eigenvalue weighted by atomic mass is 16.2. The molecule has 2 amide bonds. The molecule has 0 aromatic heterocycles. The molecule has 0 bridgehead atoms. The van der Waals surface area contributed by atoms with Gasteiger partial charge in [-0.2, -0.15) is 0 Å². The van der Waals surface area contributed by atoms with E-state index in [1.54, 1.807) is 0 Å². The van der Waals surface area contributed by atoms with Crippen LogP contribution in [0.25, 0.3) is 0 Å². The van der Waals surface area contributed by atoms with Crippen molar-refractivity contribution in [2.45, 2.75) is 39.2 Å². The van der Waals surface area contributed by atoms with Crippen molar-refractivity contribution in [1.82, 2.24) is 20.0 Å². The first-order valence-corrected chi connectivity index (χ1v) is 12.7. The number of nitrogens with zero attached hydrogens (tertiary/aromatic N) is 3. The zero-order valence-corrected chi connectivity index (χ0v) is 20.8. The van der Waals surface area contributed by atoms with Crippen molar-refractivity contribution in [3.05, 3.63) is 71.8 Å². The van der Waals surface area contributed by atoms with Gasteiger partial charge >= 0.3 is 0 Å². The van der Waals surface area contributed by atoms with E-state index in [2.05, 4.69) is 77.5 Å². The topological polar surface area (TPSA) is 55.9 Å². The van der Waals surface area contributed by atoms with Crippen LogP contribution in [0.5, 0.6) is 0 Å². The van der Waals surface area contributed by atoms with Gasteiger partial charge < -0.3 is 15.1 Å². The lowest BCUT2D eigenvalue weighted by molar-refractivity contribution is -0.135. The molecule has 1 saturated heterocycles. The molecular weight excluding hydrogens is 424 g/mol. The molecular formula is C28H40N4O2. The Balaban J connectivity index is 1.44. The Morgan fingerprint density at radius 2 is 1.41 bits per heavy atom. The summed E-state index contributed by atoms with van der Waals surface area (Å²) in [5.41, 5.74) is 2.54. The third kappa shape index (κ3) is 7.67. The predicted octanol–water partition coefficient (Wildman–Crippen LogP) is 3.55. The maximum absolute atomic E-state index is 12.7. The minimum atomic E-state index is -0.0280. The van der Waals surface area contributed by atoms with Gasteiger partial charge in [0.1, 0.15) is 0 Å². The Kier molecular flexibility index (Phi) is 10.6. The molecule has 1 aliphatic rings. The maximum Gasteiger partial charge on any atom is 0.223 e. The van der Waals surface area contributed by atoms with Crippen LogP contribution in [0.3, 0.4) is 0 Å². The summed E-state index contributed by atoms with van der Waals surface area (Å²) in [6.45, 7) is 11.0. The molecule has 3 rings (SSSR count). The van der Waals surface area contributed by atoms with Gasteiger partial charge in [-0.05, 0) is 37.2 Å². The van der Waals surface area contributed by atoms with E-state index in [0.717, 1.165) is 39.1 Å². The van der Waals surface area contributed by atoms with Crippen LogP contribution in [0.15, 0.2) is 60.7 Å². The molecule has 1 N–H and O–H groups in total. The number of carbonyl (C=O) groups excluding carboxylic acids is 2. The fraction of sp³-hybridized carbons (Fsp3) is 0.500. The Morgan fingerprint density at radius 3 is 1.94 bits per heavy atom. The van der Waals surface area contributed by atoms with Crippen LogP contribution in [0, 0.1) is 0 Å². The summed E-state index contributed by atoms with van der Waals surface area (Å²) >= 11 is 0. The molecule has 0 aliphatic carbocycles. The van der Waals surface area contributed by atoms with E-state index in [1.165, 1.54) is 11.1 Å². The fourth-order valence-corrected chi connectivity index (χ4v) is 4.65. The van der Waals surface area contributed by atoms with Crippen molar-refractivity contribution < 1.29 is 9.59 Å². The third-order valence-corrected chi connectivity index (χ3v) is 6.70. The second kappa shape index (κ2) is 13.9. The largest absolute Gasteiger partial charge is 0.356 e. The van der Waals surface area contributed by atoms with E-state index in [1.807, 2.05) is 17.0 Å². The first-order chi connectivity index (χ1) is 16.6. The van der Waals surface area contributed by atoms with Crippen molar-refractivity contribution in [2.75, 3.05) is 52.4 Å². The average molecular weight is 465 g/mol. The summed E-state index contributed by atoms with van der Waals surface area (Å²) in [5.74, 6) is 0.0497. The summed E-state index contributed by atoms with van der Waals surface area (Å²) in [7, 11) is 0. The van der Waals surface area contributed by atoms with Gasteiger partial charge in [0.25, 0.3) is 0 Å². The van der Waals surface area contributed by atoms with E-state index in [-0.39, 0.29) is 30.7 Å². The molecule has 0 radical (unpaired) electrons. The summed E-state index contributed by atoms with van der Waals surface area (Å²) in [4.78, 5) is 31.6. The zero-order valence-electron chi connectivity index (χ0n) is 20.8. The second-order valence-electron chi connectivity index (χ2n) is 8.87. The monoisotopic (exact) mass is 464 g/mol. The molecule has 0 atom stereocenters. The van der Waals surface area contributed by atoms with E-state index < -0.39 is 0 Å². The zero-order chi connectivity index (χ0) is 24.2. The smallest absolute Gasteiger partial charge is 0.223 e. The van der Waals surface area contributed by atoms with Crippen LogP contribution in [0.4, 0.5) is 0 Å². The molecule has 6 nitrogen and oxygen atoms in total. The molecule has 2 aromatic rings. The average Bonchev–Trinajstić information content (AvgIpc) is 2.89. The highest BCUT2D eigenvalue weighted by molar-refractivity contribution is 5.83. The first-order valence-electron chi connectivity index (χ1n) is 12.7. The highest BCUT2D eigenvalue weighted by Crippen LogP contribution is 2.29. The summed E-state index contributed by atoms with van der Waals surface area (Å²) in [6.07, 6.45) is 1.48. The normalized spacial score (nSPS) is 14.5. The van der Waals surface area contributed by atoms with E-state index in [9.17, 15) is 9.59 Å². The van der Waals surface area contributed by atoms with Gasteiger partial charge in [0, 0.05) is 45.6 Å². The standard InChI is InChI=1S/C28H40N4O2/c1-3-30(4-2)19-11-18-29-26(33)16-17-27(34)31-20-22-32(23-21-31)28(24-12-7-5-8-13-24)25-14-9-6-10-15-25/h5-10,12-15,28H,3-4,11,16-23H2,1-2H3,(H,29,33). The van der Waals surface area contributed by atoms with Crippen LogP contribution < -0.4 is 5.32 Å². The molecule has 2 aromatic carbocycles. The van der Waals surface area contributed by atoms with Crippen molar-refractivity contribution in [2.24, 2.45) is 0 Å². The summed E-state index contributed by atoms with van der Waals surface area (Å²) in [6, 6.07) is 21.3. The molecule has 0 saturated carbocycles. The van der Waals surface area contributed by atoms with Gasteiger partial charge in [-0.3, -0.25) is 14.5 Å². The third-order valence-electron chi connectivity index (χ3n) is 6.70. The van der Waals surface area contributed by atoms with Crippen LogP contribution in [-0.2, 0) is 9.59 Å². The van der Waals surface area contributed by atoms with Crippen LogP contribution in [0.1, 0.15) is 50.3 Å². The highest BCUT2D eigenvalue weighted by Gasteiger charge is 2.28. The minimum absolute atomic E-state index is 0.0280. The van der Waals surface area contributed by atoms with Gasteiger partial charge in [0.2, 0.25) is 11.8 Å². The lowest BCUT2D eigenvalue weighted by Crippen LogP contribution is -2.50. The van der Waals surface area contributed by atoms with Crippen LogP contribution in [-0.4, -0.2) is 78.9 Å².